The SMILES string of the molecule is Cc1cc(C(C)(N)N(C)c2ccnc(Cl)n2)c(N)cc1F. The summed E-state index contributed by atoms with van der Waals surface area (Å²) in [7, 11) is 1.76. The highest BCUT2D eigenvalue weighted by atomic mass is 35.5. The average Bonchev–Trinajstić information content (AvgIpc) is 2.41. The van der Waals surface area contributed by atoms with Crippen molar-refractivity contribution in [1.82, 2.24) is 9.97 Å². The van der Waals surface area contributed by atoms with E-state index in [0.717, 1.165) is 0 Å². The topological polar surface area (TPSA) is 81.1 Å². The monoisotopic (exact) mass is 309 g/mol. The van der Waals surface area contributed by atoms with E-state index in [2.05, 4.69) is 9.97 Å². The second kappa shape index (κ2) is 5.46. The number of nitrogen functional groups attached to an aromatic ring is 1. The minimum Gasteiger partial charge on any atom is -0.398 e. The molecule has 0 aliphatic rings. The van der Waals surface area contributed by atoms with Crippen LogP contribution in [0.1, 0.15) is 18.1 Å². The highest BCUT2D eigenvalue weighted by Gasteiger charge is 2.30. The lowest BCUT2D eigenvalue weighted by atomic mass is 9.96. The minimum absolute atomic E-state index is 0.124. The van der Waals surface area contributed by atoms with Crippen molar-refractivity contribution in [2.45, 2.75) is 19.5 Å². The molecule has 0 fully saturated rings. The number of halogens is 2. The van der Waals surface area contributed by atoms with E-state index < -0.39 is 5.66 Å². The van der Waals surface area contributed by atoms with Gasteiger partial charge in [0.25, 0.3) is 0 Å². The fourth-order valence-corrected chi connectivity index (χ4v) is 2.21. The molecular formula is C14H17ClFN5. The standard InChI is InChI=1S/C14H17ClFN5/c1-8-6-9(11(17)7-10(8)16)14(2,18)21(3)12-4-5-19-13(15)20-12/h4-7H,17-18H2,1-3H3. The van der Waals surface area contributed by atoms with Gasteiger partial charge in [-0.1, -0.05) is 0 Å². The Kier molecular flexibility index (Phi) is 4.02. The molecule has 7 heteroatoms. The molecule has 0 amide bonds. The van der Waals surface area contributed by atoms with Crippen LogP contribution in [0.5, 0.6) is 0 Å². The van der Waals surface area contributed by atoms with E-state index in [0.29, 0.717) is 16.9 Å². The first-order chi connectivity index (χ1) is 9.73. The maximum Gasteiger partial charge on any atom is 0.224 e. The molecule has 0 aliphatic carbocycles. The van der Waals surface area contributed by atoms with Crippen molar-refractivity contribution in [3.8, 4) is 0 Å². The number of anilines is 2. The molecule has 5 nitrogen and oxygen atoms in total. The van der Waals surface area contributed by atoms with E-state index in [4.69, 9.17) is 23.1 Å². The first kappa shape index (κ1) is 15.5. The van der Waals surface area contributed by atoms with Gasteiger partial charge in [0.15, 0.2) is 0 Å². The quantitative estimate of drug-likeness (QED) is 0.517. The molecule has 1 aromatic carbocycles. The summed E-state index contributed by atoms with van der Waals surface area (Å²) in [6, 6.07) is 4.60. The van der Waals surface area contributed by atoms with Crippen LogP contribution in [0, 0.1) is 12.7 Å². The largest absolute Gasteiger partial charge is 0.398 e. The molecule has 0 bridgehead atoms. The maximum absolute atomic E-state index is 13.6. The predicted molar refractivity (Wildman–Crippen MR) is 82.5 cm³/mol. The number of aromatic nitrogens is 2. The van der Waals surface area contributed by atoms with Crippen molar-refractivity contribution < 1.29 is 4.39 Å². The zero-order chi connectivity index (χ0) is 15.8. The van der Waals surface area contributed by atoms with E-state index in [-0.39, 0.29) is 16.8 Å². The summed E-state index contributed by atoms with van der Waals surface area (Å²) in [6.45, 7) is 3.43. The third-order valence-electron chi connectivity index (χ3n) is 3.53. The number of nitrogens with zero attached hydrogens (tertiary/aromatic N) is 3. The summed E-state index contributed by atoms with van der Waals surface area (Å²) in [5.74, 6) is 0.182. The van der Waals surface area contributed by atoms with E-state index in [9.17, 15) is 4.39 Å². The minimum atomic E-state index is -0.986. The van der Waals surface area contributed by atoms with Crippen LogP contribution in [0.2, 0.25) is 5.28 Å². The summed E-state index contributed by atoms with van der Waals surface area (Å²) in [6.07, 6.45) is 1.54. The average molecular weight is 310 g/mol. The van der Waals surface area contributed by atoms with E-state index in [1.165, 1.54) is 12.3 Å². The summed E-state index contributed by atoms with van der Waals surface area (Å²) in [4.78, 5) is 9.66. The van der Waals surface area contributed by atoms with Gasteiger partial charge in [-0.2, -0.15) is 0 Å². The Balaban J connectivity index is 2.48. The van der Waals surface area contributed by atoms with Gasteiger partial charge in [0, 0.05) is 24.5 Å². The van der Waals surface area contributed by atoms with Gasteiger partial charge in [0.2, 0.25) is 5.28 Å². The summed E-state index contributed by atoms with van der Waals surface area (Å²) >= 11 is 5.80. The highest BCUT2D eigenvalue weighted by molar-refractivity contribution is 6.28. The van der Waals surface area contributed by atoms with Crippen molar-refractivity contribution >= 4 is 23.1 Å². The fourth-order valence-electron chi connectivity index (χ4n) is 2.07. The molecule has 1 atom stereocenters. The van der Waals surface area contributed by atoms with E-state index >= 15 is 0 Å². The van der Waals surface area contributed by atoms with Gasteiger partial charge in [-0.15, -0.1) is 0 Å². The molecule has 1 heterocycles. The van der Waals surface area contributed by atoms with Gasteiger partial charge >= 0.3 is 0 Å². The third-order valence-corrected chi connectivity index (χ3v) is 3.71. The molecule has 1 aromatic heterocycles. The van der Waals surface area contributed by atoms with Crippen molar-refractivity contribution in [3.05, 3.63) is 46.6 Å². The summed E-state index contributed by atoms with van der Waals surface area (Å²) in [5.41, 5.74) is 12.7. The van der Waals surface area contributed by atoms with Crippen molar-refractivity contribution in [2.24, 2.45) is 5.73 Å². The smallest absolute Gasteiger partial charge is 0.224 e. The molecule has 0 spiro atoms. The molecule has 2 rings (SSSR count). The molecule has 2 aromatic rings. The molecule has 4 N–H and O–H groups in total. The van der Waals surface area contributed by atoms with Crippen LogP contribution in [-0.2, 0) is 5.66 Å². The van der Waals surface area contributed by atoms with Crippen LogP contribution in [-0.4, -0.2) is 17.0 Å². The van der Waals surface area contributed by atoms with E-state index in [1.54, 1.807) is 37.9 Å². The second-order valence-corrected chi connectivity index (χ2v) is 5.42. The Bertz CT molecular complexity index is 674. The molecule has 1 unspecified atom stereocenters. The van der Waals surface area contributed by atoms with Crippen LogP contribution >= 0.6 is 11.6 Å². The van der Waals surface area contributed by atoms with Gasteiger partial charge in [0.05, 0.1) is 0 Å². The normalized spacial score (nSPS) is 13.8. The zero-order valence-corrected chi connectivity index (χ0v) is 12.8. The second-order valence-electron chi connectivity index (χ2n) is 5.08. The lowest BCUT2D eigenvalue weighted by Gasteiger charge is -2.37. The lowest BCUT2D eigenvalue weighted by Crippen LogP contribution is -2.50. The number of nitrogens with two attached hydrogens (primary N) is 2. The highest BCUT2D eigenvalue weighted by Crippen LogP contribution is 2.31. The Morgan fingerprint density at radius 1 is 1.38 bits per heavy atom. The lowest BCUT2D eigenvalue weighted by molar-refractivity contribution is 0.480. The van der Waals surface area contributed by atoms with Crippen molar-refractivity contribution in [1.29, 1.82) is 0 Å². The number of hydrogen-bond donors (Lipinski definition) is 2. The fraction of sp³-hybridized carbons (Fsp3) is 0.286. The molecule has 0 aliphatic heterocycles. The molecule has 21 heavy (non-hydrogen) atoms. The van der Waals surface area contributed by atoms with Crippen LogP contribution < -0.4 is 16.4 Å². The number of benzene rings is 1. The molecule has 0 radical (unpaired) electrons. The molecule has 0 saturated carbocycles. The van der Waals surface area contributed by atoms with Crippen LogP contribution in [0.3, 0.4) is 0 Å². The predicted octanol–water partition coefficient (Wildman–Crippen LogP) is 2.43. The molecule has 0 saturated heterocycles. The Morgan fingerprint density at radius 3 is 2.67 bits per heavy atom. The first-order valence-electron chi connectivity index (χ1n) is 6.31. The third kappa shape index (κ3) is 2.91. The number of hydrogen-bond acceptors (Lipinski definition) is 5. The Hall–Kier alpha value is -1.92. The van der Waals surface area contributed by atoms with Crippen LogP contribution in [0.25, 0.3) is 0 Å². The van der Waals surface area contributed by atoms with Crippen LogP contribution in [0.15, 0.2) is 24.4 Å². The maximum atomic E-state index is 13.6. The summed E-state index contributed by atoms with van der Waals surface area (Å²) < 4.78 is 13.6. The van der Waals surface area contributed by atoms with E-state index in [1.807, 2.05) is 0 Å². The van der Waals surface area contributed by atoms with Gasteiger partial charge in [0.1, 0.15) is 17.3 Å². The first-order valence-corrected chi connectivity index (χ1v) is 6.68. The zero-order valence-electron chi connectivity index (χ0n) is 12.1. The number of rotatable bonds is 3. The van der Waals surface area contributed by atoms with Gasteiger partial charge in [-0.25, -0.2) is 14.4 Å². The van der Waals surface area contributed by atoms with Crippen LogP contribution in [0.4, 0.5) is 15.9 Å². The Morgan fingerprint density at radius 2 is 2.05 bits per heavy atom. The molecular weight excluding hydrogens is 293 g/mol. The van der Waals surface area contributed by atoms with Crippen molar-refractivity contribution in [2.75, 3.05) is 17.7 Å². The molecule has 112 valence electrons. The van der Waals surface area contributed by atoms with Gasteiger partial charge in [-0.3, -0.25) is 0 Å². The number of aryl methyl sites for hydroxylation is 1. The summed E-state index contributed by atoms with van der Waals surface area (Å²) in [5, 5.41) is 0.124. The van der Waals surface area contributed by atoms with Crippen molar-refractivity contribution in [3.63, 3.8) is 0 Å². The van der Waals surface area contributed by atoms with Gasteiger partial charge < -0.3 is 16.4 Å². The van der Waals surface area contributed by atoms with Gasteiger partial charge in [-0.05, 0) is 49.2 Å². The Labute approximate surface area is 127 Å².